The predicted octanol–water partition coefficient (Wildman–Crippen LogP) is 5.17. The molecule has 1 aliphatic rings. The molecule has 0 saturated heterocycles. The maximum absolute atomic E-state index is 13.8. The van der Waals surface area contributed by atoms with Crippen LogP contribution in [0.2, 0.25) is 0 Å². The number of aromatic hydroxyl groups is 1. The highest BCUT2D eigenvalue weighted by molar-refractivity contribution is 9.11. The molecule has 1 aromatic heterocycles. The van der Waals surface area contributed by atoms with Crippen molar-refractivity contribution in [2.75, 3.05) is 6.61 Å². The molecule has 4 aromatic rings. The number of rotatable bonds is 5. The minimum absolute atomic E-state index is 0.0780. The molecule has 0 spiro atoms. The summed E-state index contributed by atoms with van der Waals surface area (Å²) in [6.45, 7) is 1.95. The summed E-state index contributed by atoms with van der Waals surface area (Å²) in [5, 5.41) is 10.1. The standard InChI is InChI=1S/C28H20Br2N2O4S/c1-2-36-27(35)22-23(17-9-5-3-6-10-17)31-28-32(24(22)18-11-7-4-8-12-18)26(34)21(37-28)15-16-13-19(29)25(33)20(30)14-16/h3-15,24,33H,2H2,1H3/b21-15-/t24-/m1/s1. The maximum atomic E-state index is 13.8. The fraction of sp³-hybridized carbons (Fsp3) is 0.107. The highest BCUT2D eigenvalue weighted by Crippen LogP contribution is 2.35. The third-order valence-electron chi connectivity index (χ3n) is 5.83. The van der Waals surface area contributed by atoms with E-state index in [0.717, 1.165) is 11.1 Å². The molecule has 9 heteroatoms. The number of ether oxygens (including phenoxy) is 1. The number of hydrogen-bond donors (Lipinski definition) is 1. The van der Waals surface area contributed by atoms with E-state index in [0.29, 0.717) is 35.1 Å². The normalized spacial score (nSPS) is 15.3. The lowest BCUT2D eigenvalue weighted by molar-refractivity contribution is -0.138. The first-order chi connectivity index (χ1) is 17.9. The van der Waals surface area contributed by atoms with E-state index in [9.17, 15) is 14.7 Å². The summed E-state index contributed by atoms with van der Waals surface area (Å²) in [5.74, 6) is -0.436. The number of phenolic OH excluding ortho intramolecular Hbond substituents is 1. The number of esters is 1. The van der Waals surface area contributed by atoms with E-state index >= 15 is 0 Å². The zero-order valence-corrected chi connectivity index (χ0v) is 23.5. The summed E-state index contributed by atoms with van der Waals surface area (Å²) in [7, 11) is 0. The molecule has 37 heavy (non-hydrogen) atoms. The average molecular weight is 640 g/mol. The van der Waals surface area contributed by atoms with Gasteiger partial charge in [0.2, 0.25) is 0 Å². The molecule has 0 bridgehead atoms. The summed E-state index contributed by atoms with van der Waals surface area (Å²) in [6, 6.07) is 21.6. The number of carbonyl (C=O) groups is 1. The molecular formula is C28H20Br2N2O4S. The molecule has 0 aliphatic carbocycles. The molecule has 0 amide bonds. The van der Waals surface area contributed by atoms with E-state index in [4.69, 9.17) is 9.73 Å². The van der Waals surface area contributed by atoms with Gasteiger partial charge in [-0.3, -0.25) is 9.36 Å². The van der Waals surface area contributed by atoms with Gasteiger partial charge < -0.3 is 9.84 Å². The van der Waals surface area contributed by atoms with Gasteiger partial charge in [0.25, 0.3) is 5.56 Å². The largest absolute Gasteiger partial charge is 0.506 e. The van der Waals surface area contributed by atoms with E-state index in [1.54, 1.807) is 29.7 Å². The van der Waals surface area contributed by atoms with Crippen molar-refractivity contribution in [3.8, 4) is 5.75 Å². The molecule has 5 rings (SSSR count). The number of halogens is 2. The summed E-state index contributed by atoms with van der Waals surface area (Å²) < 4.78 is 8.48. The smallest absolute Gasteiger partial charge is 0.338 e. The molecule has 3 aromatic carbocycles. The Morgan fingerprint density at radius 3 is 2.32 bits per heavy atom. The SMILES string of the molecule is CCOC(=O)C1=C(c2ccccc2)N=c2s/c(=C\c3cc(Br)c(O)c(Br)c3)c(=O)n2[C@@H]1c1ccccc1. The van der Waals surface area contributed by atoms with Crippen LogP contribution in [0.4, 0.5) is 0 Å². The number of nitrogens with zero attached hydrogens (tertiary/aromatic N) is 2. The predicted molar refractivity (Wildman–Crippen MR) is 151 cm³/mol. The van der Waals surface area contributed by atoms with Gasteiger partial charge in [-0.1, -0.05) is 72.0 Å². The Kier molecular flexibility index (Phi) is 7.28. The van der Waals surface area contributed by atoms with Gasteiger partial charge in [0, 0.05) is 5.56 Å². The van der Waals surface area contributed by atoms with Gasteiger partial charge in [0.15, 0.2) is 4.80 Å². The van der Waals surface area contributed by atoms with Crippen molar-refractivity contribution in [2.24, 2.45) is 4.99 Å². The molecule has 0 fully saturated rings. The second-order valence-corrected chi connectivity index (χ2v) is 10.9. The lowest BCUT2D eigenvalue weighted by Gasteiger charge is -2.25. The Hall–Kier alpha value is -3.27. The number of aromatic nitrogens is 1. The molecular weight excluding hydrogens is 620 g/mol. The summed E-state index contributed by atoms with van der Waals surface area (Å²) in [4.78, 5) is 32.6. The van der Waals surface area contributed by atoms with Crippen molar-refractivity contribution in [3.63, 3.8) is 0 Å². The van der Waals surface area contributed by atoms with Crippen LogP contribution < -0.4 is 14.9 Å². The van der Waals surface area contributed by atoms with Gasteiger partial charge >= 0.3 is 5.97 Å². The highest BCUT2D eigenvalue weighted by atomic mass is 79.9. The molecule has 1 N–H and O–H groups in total. The molecule has 1 aliphatic heterocycles. The monoisotopic (exact) mass is 638 g/mol. The molecule has 0 radical (unpaired) electrons. The number of thiazole rings is 1. The lowest BCUT2D eigenvalue weighted by Crippen LogP contribution is -2.39. The Labute approximate surface area is 233 Å². The molecule has 0 unspecified atom stereocenters. The van der Waals surface area contributed by atoms with Crippen LogP contribution in [0.3, 0.4) is 0 Å². The van der Waals surface area contributed by atoms with E-state index in [2.05, 4.69) is 31.9 Å². The zero-order valence-electron chi connectivity index (χ0n) is 19.5. The van der Waals surface area contributed by atoms with Crippen LogP contribution in [0.5, 0.6) is 5.75 Å². The molecule has 6 nitrogen and oxygen atoms in total. The number of phenols is 1. The summed E-state index contributed by atoms with van der Waals surface area (Å²) in [5.41, 5.74) is 2.77. The topological polar surface area (TPSA) is 80.9 Å². The van der Waals surface area contributed by atoms with Crippen molar-refractivity contribution in [2.45, 2.75) is 13.0 Å². The minimum Gasteiger partial charge on any atom is -0.506 e. The first-order valence-corrected chi connectivity index (χ1v) is 13.8. The van der Waals surface area contributed by atoms with Crippen molar-refractivity contribution in [1.29, 1.82) is 0 Å². The lowest BCUT2D eigenvalue weighted by atomic mass is 9.93. The van der Waals surface area contributed by atoms with E-state index in [-0.39, 0.29) is 17.9 Å². The van der Waals surface area contributed by atoms with Crippen LogP contribution in [-0.4, -0.2) is 22.2 Å². The third-order valence-corrected chi connectivity index (χ3v) is 8.02. The molecule has 2 heterocycles. The van der Waals surface area contributed by atoms with E-state index in [1.165, 1.54) is 11.3 Å². The van der Waals surface area contributed by atoms with E-state index < -0.39 is 12.0 Å². The number of hydrogen-bond acceptors (Lipinski definition) is 6. The number of benzene rings is 3. The van der Waals surface area contributed by atoms with Crippen LogP contribution in [0.25, 0.3) is 11.8 Å². The van der Waals surface area contributed by atoms with Crippen molar-refractivity contribution in [3.05, 3.63) is 124 Å². The van der Waals surface area contributed by atoms with Crippen molar-refractivity contribution in [1.82, 2.24) is 4.57 Å². The summed E-state index contributed by atoms with van der Waals surface area (Å²) >= 11 is 7.93. The van der Waals surface area contributed by atoms with E-state index in [1.807, 2.05) is 60.7 Å². The van der Waals surface area contributed by atoms with Gasteiger partial charge in [0.05, 0.1) is 37.4 Å². The van der Waals surface area contributed by atoms with Gasteiger partial charge in [0.1, 0.15) is 5.75 Å². The summed E-state index contributed by atoms with van der Waals surface area (Å²) in [6.07, 6.45) is 1.75. The second kappa shape index (κ2) is 10.6. The Balaban J connectivity index is 1.82. The van der Waals surface area contributed by atoms with Gasteiger partial charge in [-0.2, -0.15) is 0 Å². The van der Waals surface area contributed by atoms with Gasteiger partial charge in [-0.25, -0.2) is 9.79 Å². The Morgan fingerprint density at radius 2 is 1.70 bits per heavy atom. The minimum atomic E-state index is -0.716. The van der Waals surface area contributed by atoms with Gasteiger partial charge in [-0.15, -0.1) is 0 Å². The van der Waals surface area contributed by atoms with Crippen LogP contribution in [0, 0.1) is 0 Å². The zero-order chi connectivity index (χ0) is 26.1. The molecule has 1 atom stereocenters. The molecule has 0 saturated carbocycles. The number of carbonyl (C=O) groups excluding carboxylic acids is 1. The Bertz CT molecular complexity index is 1690. The van der Waals surface area contributed by atoms with Crippen molar-refractivity contribution >= 4 is 60.9 Å². The first kappa shape index (κ1) is 25.4. The highest BCUT2D eigenvalue weighted by Gasteiger charge is 2.35. The fourth-order valence-electron chi connectivity index (χ4n) is 4.21. The first-order valence-electron chi connectivity index (χ1n) is 11.4. The van der Waals surface area contributed by atoms with Gasteiger partial charge in [-0.05, 0) is 68.1 Å². The van der Waals surface area contributed by atoms with Crippen LogP contribution >= 0.6 is 43.2 Å². The Morgan fingerprint density at radius 1 is 1.08 bits per heavy atom. The third kappa shape index (κ3) is 4.86. The van der Waals surface area contributed by atoms with Crippen LogP contribution in [0.1, 0.15) is 29.7 Å². The van der Waals surface area contributed by atoms with Crippen molar-refractivity contribution < 1.29 is 14.6 Å². The maximum Gasteiger partial charge on any atom is 0.338 e. The number of fused-ring (bicyclic) bond motifs is 1. The van der Waals surface area contributed by atoms with Crippen LogP contribution in [-0.2, 0) is 9.53 Å². The molecule has 186 valence electrons. The quantitative estimate of drug-likeness (QED) is 0.306. The van der Waals surface area contributed by atoms with Crippen LogP contribution in [0.15, 0.2) is 97.1 Å². The second-order valence-electron chi connectivity index (χ2n) is 8.18. The fourth-order valence-corrected chi connectivity index (χ4v) is 6.43. The average Bonchev–Trinajstić information content (AvgIpc) is 3.21.